The fourth-order valence-corrected chi connectivity index (χ4v) is 4.70. The largest absolute Gasteiger partial charge is 0.456 e. The van der Waals surface area contributed by atoms with E-state index in [9.17, 15) is 0 Å². The fourth-order valence-electron chi connectivity index (χ4n) is 4.54. The summed E-state index contributed by atoms with van der Waals surface area (Å²) < 4.78 is 6.21. The Morgan fingerprint density at radius 3 is 1.85 bits per heavy atom. The Morgan fingerprint density at radius 1 is 0.500 bits per heavy atom. The monoisotopic (exact) mass is 457 g/mol. The quantitative estimate of drug-likeness (QED) is 0.263. The number of furan rings is 1. The molecule has 0 saturated carbocycles. The Hall–Kier alpha value is -4.28. The van der Waals surface area contributed by atoms with Crippen LogP contribution in [0.4, 0.5) is 0 Å². The van der Waals surface area contributed by atoms with Crippen LogP contribution in [0.2, 0.25) is 5.28 Å². The maximum absolute atomic E-state index is 6.32. The Morgan fingerprint density at radius 2 is 1.09 bits per heavy atom. The smallest absolute Gasteiger partial charge is 0.226 e. The minimum absolute atomic E-state index is 0.157. The van der Waals surface area contributed by atoms with Crippen LogP contribution in [0.3, 0.4) is 0 Å². The number of halogens is 1. The molecule has 2 heterocycles. The molecule has 7 rings (SSSR count). The Balaban J connectivity index is 1.37. The SMILES string of the molecule is Clc1nc(-c2ccc3ccccc3c2)nc(-c2ccc3c(c2)oc2cc4ccccc4cc23)n1. The normalized spacial score (nSPS) is 11.7. The van der Waals surface area contributed by atoms with Gasteiger partial charge in [0.25, 0.3) is 0 Å². The number of fused-ring (bicyclic) bond motifs is 5. The zero-order valence-electron chi connectivity index (χ0n) is 17.9. The van der Waals surface area contributed by atoms with Gasteiger partial charge >= 0.3 is 0 Å². The first-order valence-electron chi connectivity index (χ1n) is 11.0. The molecule has 0 aliphatic carbocycles. The van der Waals surface area contributed by atoms with Crippen molar-refractivity contribution in [3.63, 3.8) is 0 Å². The number of benzene rings is 5. The van der Waals surface area contributed by atoms with E-state index in [0.29, 0.717) is 11.6 Å². The lowest BCUT2D eigenvalue weighted by molar-refractivity contribution is 0.669. The van der Waals surface area contributed by atoms with E-state index in [1.807, 2.05) is 42.5 Å². The van der Waals surface area contributed by atoms with E-state index in [-0.39, 0.29) is 5.28 Å². The minimum atomic E-state index is 0.157. The standard InChI is InChI=1S/C29H16ClN3O/c30-29-32-27(21-10-9-17-5-1-2-6-18(17)13-21)31-28(33-29)22-11-12-23-24-14-19-7-3-4-8-20(19)15-26(24)34-25(23)16-22/h1-16H. The molecule has 0 N–H and O–H groups in total. The second kappa shape index (κ2) is 7.37. The van der Waals surface area contributed by atoms with Crippen molar-refractivity contribution in [1.82, 2.24) is 15.0 Å². The highest BCUT2D eigenvalue weighted by Gasteiger charge is 2.14. The molecule has 7 aromatic rings. The summed E-state index contributed by atoms with van der Waals surface area (Å²) in [5.74, 6) is 1.05. The topological polar surface area (TPSA) is 51.8 Å². The average Bonchev–Trinajstić information content (AvgIpc) is 3.23. The molecular weight excluding hydrogens is 442 g/mol. The van der Waals surface area contributed by atoms with E-state index in [1.165, 1.54) is 5.39 Å². The van der Waals surface area contributed by atoms with E-state index in [4.69, 9.17) is 21.0 Å². The maximum atomic E-state index is 6.32. The Labute approximate surface area is 199 Å². The molecule has 0 fully saturated rings. The number of nitrogens with zero attached hydrogens (tertiary/aromatic N) is 3. The van der Waals surface area contributed by atoms with E-state index in [0.717, 1.165) is 49.2 Å². The predicted molar refractivity (Wildman–Crippen MR) is 138 cm³/mol. The first-order valence-corrected chi connectivity index (χ1v) is 11.4. The molecule has 0 bridgehead atoms. The summed E-state index contributed by atoms with van der Waals surface area (Å²) in [6, 6.07) is 32.9. The third-order valence-electron chi connectivity index (χ3n) is 6.21. The van der Waals surface area contributed by atoms with Crippen LogP contribution in [0.1, 0.15) is 0 Å². The van der Waals surface area contributed by atoms with Crippen LogP contribution in [0.15, 0.2) is 101 Å². The van der Waals surface area contributed by atoms with Crippen molar-refractivity contribution in [3.05, 3.63) is 102 Å². The zero-order chi connectivity index (χ0) is 22.6. The molecular formula is C29H16ClN3O. The lowest BCUT2D eigenvalue weighted by Crippen LogP contribution is -1.97. The highest BCUT2D eigenvalue weighted by molar-refractivity contribution is 6.28. The average molecular weight is 458 g/mol. The van der Waals surface area contributed by atoms with Gasteiger partial charge in [-0.15, -0.1) is 0 Å². The molecule has 0 aliphatic heterocycles. The maximum Gasteiger partial charge on any atom is 0.226 e. The van der Waals surface area contributed by atoms with Crippen molar-refractivity contribution in [3.8, 4) is 22.8 Å². The van der Waals surface area contributed by atoms with Crippen LogP contribution in [-0.2, 0) is 0 Å². The fraction of sp³-hybridized carbons (Fsp3) is 0. The van der Waals surface area contributed by atoms with Gasteiger partial charge in [0.1, 0.15) is 11.2 Å². The summed E-state index contributed by atoms with van der Waals surface area (Å²) in [6.45, 7) is 0. The van der Waals surface area contributed by atoms with Gasteiger partial charge < -0.3 is 4.42 Å². The molecule has 0 radical (unpaired) electrons. The van der Waals surface area contributed by atoms with Crippen molar-refractivity contribution in [2.24, 2.45) is 0 Å². The van der Waals surface area contributed by atoms with Crippen molar-refractivity contribution < 1.29 is 4.42 Å². The highest BCUT2D eigenvalue weighted by atomic mass is 35.5. The number of hydrogen-bond donors (Lipinski definition) is 0. The van der Waals surface area contributed by atoms with Crippen LogP contribution >= 0.6 is 11.6 Å². The molecule has 34 heavy (non-hydrogen) atoms. The molecule has 0 spiro atoms. The van der Waals surface area contributed by atoms with Crippen LogP contribution in [-0.4, -0.2) is 15.0 Å². The molecule has 0 saturated heterocycles. The Kier molecular flexibility index (Phi) is 4.16. The van der Waals surface area contributed by atoms with Crippen molar-refractivity contribution in [2.75, 3.05) is 0 Å². The Bertz CT molecular complexity index is 1890. The molecule has 0 unspecified atom stereocenters. The molecule has 0 atom stereocenters. The van der Waals surface area contributed by atoms with E-state index >= 15 is 0 Å². The number of hydrogen-bond acceptors (Lipinski definition) is 4. The van der Waals surface area contributed by atoms with Gasteiger partial charge in [-0.05, 0) is 63.5 Å². The lowest BCUT2D eigenvalue weighted by Gasteiger charge is -2.06. The van der Waals surface area contributed by atoms with Gasteiger partial charge in [0.15, 0.2) is 11.6 Å². The summed E-state index contributed by atoms with van der Waals surface area (Å²) >= 11 is 6.32. The summed E-state index contributed by atoms with van der Waals surface area (Å²) in [5.41, 5.74) is 3.35. The summed E-state index contributed by atoms with van der Waals surface area (Å²) in [6.07, 6.45) is 0. The first-order chi connectivity index (χ1) is 16.7. The van der Waals surface area contributed by atoms with Crippen molar-refractivity contribution >= 4 is 55.1 Å². The number of aromatic nitrogens is 3. The summed E-state index contributed by atoms with van der Waals surface area (Å²) in [4.78, 5) is 13.5. The van der Waals surface area contributed by atoms with Gasteiger partial charge in [-0.1, -0.05) is 66.7 Å². The van der Waals surface area contributed by atoms with Crippen molar-refractivity contribution in [1.29, 1.82) is 0 Å². The van der Waals surface area contributed by atoms with Gasteiger partial charge in [0, 0.05) is 21.9 Å². The summed E-state index contributed by atoms with van der Waals surface area (Å²) in [7, 11) is 0. The van der Waals surface area contributed by atoms with E-state index in [2.05, 4.69) is 64.6 Å². The van der Waals surface area contributed by atoms with Crippen LogP contribution in [0, 0.1) is 0 Å². The molecule has 0 amide bonds. The molecule has 5 heteroatoms. The minimum Gasteiger partial charge on any atom is -0.456 e. The van der Waals surface area contributed by atoms with Gasteiger partial charge in [-0.3, -0.25) is 0 Å². The number of rotatable bonds is 2. The van der Waals surface area contributed by atoms with E-state index in [1.54, 1.807) is 0 Å². The summed E-state index contributed by atoms with van der Waals surface area (Å²) in [5, 5.41) is 6.92. The third kappa shape index (κ3) is 3.11. The predicted octanol–water partition coefficient (Wildman–Crippen LogP) is 8.06. The van der Waals surface area contributed by atoms with Crippen molar-refractivity contribution in [2.45, 2.75) is 0 Å². The second-order valence-corrected chi connectivity index (χ2v) is 8.66. The second-order valence-electron chi connectivity index (χ2n) is 8.32. The molecule has 160 valence electrons. The molecule has 2 aromatic heterocycles. The van der Waals surface area contributed by atoms with Gasteiger partial charge in [-0.2, -0.15) is 9.97 Å². The third-order valence-corrected chi connectivity index (χ3v) is 6.38. The molecule has 0 aliphatic rings. The zero-order valence-corrected chi connectivity index (χ0v) is 18.6. The molecule has 5 aromatic carbocycles. The van der Waals surface area contributed by atoms with Gasteiger partial charge in [0.05, 0.1) is 0 Å². The lowest BCUT2D eigenvalue weighted by atomic mass is 10.1. The van der Waals surface area contributed by atoms with E-state index < -0.39 is 0 Å². The van der Waals surface area contributed by atoms with Crippen LogP contribution in [0.25, 0.3) is 66.3 Å². The van der Waals surface area contributed by atoms with Gasteiger partial charge in [-0.25, -0.2) is 4.98 Å². The van der Waals surface area contributed by atoms with Crippen LogP contribution in [0.5, 0.6) is 0 Å². The first kappa shape index (κ1) is 19.2. The van der Waals surface area contributed by atoms with Crippen LogP contribution < -0.4 is 0 Å². The molecule has 4 nitrogen and oxygen atoms in total. The van der Waals surface area contributed by atoms with Gasteiger partial charge in [0.2, 0.25) is 5.28 Å². The highest BCUT2D eigenvalue weighted by Crippen LogP contribution is 2.34.